The summed E-state index contributed by atoms with van der Waals surface area (Å²) in [5.74, 6) is 1.07. The average molecular weight is 240 g/mol. The Bertz CT molecular complexity index is 344. The van der Waals surface area contributed by atoms with Crippen molar-refractivity contribution in [1.82, 2.24) is 10.3 Å². The molecule has 0 saturated heterocycles. The number of nitrogens with zero attached hydrogens (tertiary/aromatic N) is 2. The molecule has 1 aromatic rings. The van der Waals surface area contributed by atoms with Gasteiger partial charge in [0.05, 0.1) is 5.01 Å². The van der Waals surface area contributed by atoms with Crippen LogP contribution in [-0.2, 0) is 6.42 Å². The van der Waals surface area contributed by atoms with E-state index in [4.69, 9.17) is 5.73 Å². The summed E-state index contributed by atoms with van der Waals surface area (Å²) >= 11 is 1.69. The first kappa shape index (κ1) is 13.0. The first-order valence-electron chi connectivity index (χ1n) is 5.52. The maximum absolute atomic E-state index is 5.71. The van der Waals surface area contributed by atoms with E-state index in [9.17, 15) is 0 Å². The lowest BCUT2D eigenvalue weighted by Gasteiger charge is -2.05. The van der Waals surface area contributed by atoms with Crippen molar-refractivity contribution >= 4 is 17.3 Å². The van der Waals surface area contributed by atoms with Crippen LogP contribution in [0.4, 0.5) is 0 Å². The van der Waals surface area contributed by atoms with E-state index in [1.807, 2.05) is 6.92 Å². The van der Waals surface area contributed by atoms with Gasteiger partial charge in [-0.1, -0.05) is 13.8 Å². The van der Waals surface area contributed by atoms with Crippen molar-refractivity contribution in [1.29, 1.82) is 0 Å². The third-order valence-corrected chi connectivity index (χ3v) is 2.96. The van der Waals surface area contributed by atoms with Crippen molar-refractivity contribution in [2.24, 2.45) is 16.6 Å². The van der Waals surface area contributed by atoms with Gasteiger partial charge >= 0.3 is 0 Å². The Balaban J connectivity index is 2.22. The number of thiazole rings is 1. The van der Waals surface area contributed by atoms with Gasteiger partial charge in [-0.2, -0.15) is 0 Å². The second-order valence-corrected chi connectivity index (χ2v) is 5.12. The molecule has 0 aliphatic carbocycles. The molecule has 5 heteroatoms. The van der Waals surface area contributed by atoms with Crippen LogP contribution in [0.1, 0.15) is 24.5 Å². The summed E-state index contributed by atoms with van der Waals surface area (Å²) in [6.07, 6.45) is 0.899. The first-order chi connectivity index (χ1) is 7.58. The highest BCUT2D eigenvalue weighted by molar-refractivity contribution is 7.09. The summed E-state index contributed by atoms with van der Waals surface area (Å²) in [7, 11) is 0. The molecule has 0 unspecified atom stereocenters. The van der Waals surface area contributed by atoms with E-state index < -0.39 is 0 Å². The largest absolute Gasteiger partial charge is 0.370 e. The molecule has 0 bridgehead atoms. The number of nitrogens with one attached hydrogen (secondary N) is 1. The van der Waals surface area contributed by atoms with Gasteiger partial charge in [-0.15, -0.1) is 11.3 Å². The summed E-state index contributed by atoms with van der Waals surface area (Å²) in [5.41, 5.74) is 6.80. The van der Waals surface area contributed by atoms with Crippen molar-refractivity contribution in [3.63, 3.8) is 0 Å². The van der Waals surface area contributed by atoms with Gasteiger partial charge in [0.1, 0.15) is 0 Å². The van der Waals surface area contributed by atoms with E-state index in [-0.39, 0.29) is 0 Å². The Morgan fingerprint density at radius 3 is 2.94 bits per heavy atom. The third kappa shape index (κ3) is 5.11. The number of guanidine groups is 1. The maximum atomic E-state index is 5.71. The molecular formula is C11H20N4S. The molecule has 3 N–H and O–H groups in total. The Kier molecular flexibility index (Phi) is 5.25. The normalized spacial score (nSPS) is 12.1. The van der Waals surface area contributed by atoms with Crippen molar-refractivity contribution in [2.45, 2.75) is 27.2 Å². The zero-order chi connectivity index (χ0) is 12.0. The van der Waals surface area contributed by atoms with Gasteiger partial charge < -0.3 is 11.1 Å². The standard InChI is InChI=1S/C11H20N4S/c1-8(2)6-14-11(12)13-5-4-10-15-9(3)7-16-10/h7-8H,4-6H2,1-3H3,(H3,12,13,14). The zero-order valence-electron chi connectivity index (χ0n) is 10.2. The maximum Gasteiger partial charge on any atom is 0.188 e. The monoisotopic (exact) mass is 240 g/mol. The predicted molar refractivity (Wildman–Crippen MR) is 69.9 cm³/mol. The van der Waals surface area contributed by atoms with Crippen LogP contribution in [0.3, 0.4) is 0 Å². The second-order valence-electron chi connectivity index (χ2n) is 4.18. The number of aromatic nitrogens is 1. The van der Waals surface area contributed by atoms with Crippen LogP contribution in [0.25, 0.3) is 0 Å². The molecule has 90 valence electrons. The molecule has 0 aromatic carbocycles. The van der Waals surface area contributed by atoms with Gasteiger partial charge in [-0.05, 0) is 12.8 Å². The lowest BCUT2D eigenvalue weighted by molar-refractivity contribution is 0.661. The molecule has 0 spiro atoms. The Morgan fingerprint density at radius 2 is 2.38 bits per heavy atom. The van der Waals surface area contributed by atoms with Crippen molar-refractivity contribution in [3.05, 3.63) is 16.1 Å². The molecule has 4 nitrogen and oxygen atoms in total. The topological polar surface area (TPSA) is 63.3 Å². The highest BCUT2D eigenvalue weighted by Crippen LogP contribution is 2.08. The van der Waals surface area contributed by atoms with Crippen molar-refractivity contribution in [3.8, 4) is 0 Å². The van der Waals surface area contributed by atoms with Crippen LogP contribution >= 0.6 is 11.3 Å². The summed E-state index contributed by atoms with van der Waals surface area (Å²) in [6, 6.07) is 0. The lowest BCUT2D eigenvalue weighted by Crippen LogP contribution is -2.33. The van der Waals surface area contributed by atoms with Crippen molar-refractivity contribution in [2.75, 3.05) is 13.1 Å². The summed E-state index contributed by atoms with van der Waals surface area (Å²) in [4.78, 5) is 8.61. The van der Waals surface area contributed by atoms with Crippen LogP contribution in [0.15, 0.2) is 10.4 Å². The molecule has 0 radical (unpaired) electrons. The van der Waals surface area contributed by atoms with Crippen LogP contribution in [0, 0.1) is 12.8 Å². The fourth-order valence-corrected chi connectivity index (χ4v) is 1.93. The SMILES string of the molecule is Cc1csc(CCNC(N)=NCC(C)C)n1. The minimum Gasteiger partial charge on any atom is -0.370 e. The number of hydrogen-bond donors (Lipinski definition) is 2. The second kappa shape index (κ2) is 6.48. The minimum absolute atomic E-state index is 0.530. The zero-order valence-corrected chi connectivity index (χ0v) is 11.0. The van der Waals surface area contributed by atoms with Crippen molar-refractivity contribution < 1.29 is 0 Å². The third-order valence-electron chi connectivity index (χ3n) is 1.94. The number of aryl methyl sites for hydroxylation is 1. The van der Waals surface area contributed by atoms with Gasteiger partial charge in [0.25, 0.3) is 0 Å². The smallest absolute Gasteiger partial charge is 0.188 e. The minimum atomic E-state index is 0.530. The van der Waals surface area contributed by atoms with E-state index >= 15 is 0 Å². The fourth-order valence-electron chi connectivity index (χ4n) is 1.15. The Labute approximate surface area is 101 Å². The van der Waals surface area contributed by atoms with Gasteiger partial charge in [-0.25, -0.2) is 4.98 Å². The van der Waals surface area contributed by atoms with Crippen LogP contribution in [0.5, 0.6) is 0 Å². The first-order valence-corrected chi connectivity index (χ1v) is 6.40. The molecule has 1 rings (SSSR count). The molecule has 0 fully saturated rings. The predicted octanol–water partition coefficient (Wildman–Crippen LogP) is 1.55. The summed E-state index contributed by atoms with van der Waals surface area (Å²) < 4.78 is 0. The number of rotatable bonds is 5. The van der Waals surface area contributed by atoms with Gasteiger partial charge in [-0.3, -0.25) is 4.99 Å². The fraction of sp³-hybridized carbons (Fsp3) is 0.636. The van der Waals surface area contributed by atoms with E-state index in [1.165, 1.54) is 0 Å². The summed E-state index contributed by atoms with van der Waals surface area (Å²) in [5, 5.41) is 6.29. The van der Waals surface area contributed by atoms with Crippen LogP contribution in [-0.4, -0.2) is 24.0 Å². The molecule has 0 atom stereocenters. The quantitative estimate of drug-likeness (QED) is 0.606. The molecule has 0 aliphatic heterocycles. The van der Waals surface area contributed by atoms with E-state index in [0.29, 0.717) is 11.9 Å². The average Bonchev–Trinajstić information content (AvgIpc) is 2.61. The molecule has 1 aromatic heterocycles. The molecule has 0 saturated carbocycles. The molecule has 0 aliphatic rings. The van der Waals surface area contributed by atoms with E-state index in [0.717, 1.165) is 30.2 Å². The molecular weight excluding hydrogens is 220 g/mol. The lowest BCUT2D eigenvalue weighted by atomic mass is 10.2. The van der Waals surface area contributed by atoms with E-state index in [1.54, 1.807) is 11.3 Å². The Morgan fingerprint density at radius 1 is 1.62 bits per heavy atom. The number of hydrogen-bond acceptors (Lipinski definition) is 3. The molecule has 0 amide bonds. The molecule has 16 heavy (non-hydrogen) atoms. The molecule has 1 heterocycles. The highest BCUT2D eigenvalue weighted by atomic mass is 32.1. The highest BCUT2D eigenvalue weighted by Gasteiger charge is 1.99. The number of aliphatic imine (C=N–C) groups is 1. The van der Waals surface area contributed by atoms with Crippen LogP contribution in [0.2, 0.25) is 0 Å². The number of nitrogens with two attached hydrogens (primary N) is 1. The summed E-state index contributed by atoms with van der Waals surface area (Å²) in [6.45, 7) is 7.81. The van der Waals surface area contributed by atoms with Gasteiger partial charge in [0.2, 0.25) is 0 Å². The van der Waals surface area contributed by atoms with Gasteiger partial charge in [0.15, 0.2) is 5.96 Å². The van der Waals surface area contributed by atoms with Gasteiger partial charge in [0, 0.05) is 30.6 Å². The van der Waals surface area contributed by atoms with Crippen LogP contribution < -0.4 is 11.1 Å². The van der Waals surface area contributed by atoms with E-state index in [2.05, 4.69) is 34.5 Å². The Hall–Kier alpha value is -1.10.